The van der Waals surface area contributed by atoms with E-state index < -0.39 is 0 Å². The molecule has 1 fully saturated rings. The fourth-order valence-corrected chi connectivity index (χ4v) is 2.82. The van der Waals surface area contributed by atoms with Crippen LogP contribution < -0.4 is 0 Å². The Balaban J connectivity index is 2.23. The quantitative estimate of drug-likeness (QED) is 0.726. The second kappa shape index (κ2) is 4.49. The third-order valence-corrected chi connectivity index (χ3v) is 3.66. The maximum absolute atomic E-state index is 8.74. The van der Waals surface area contributed by atoms with Gasteiger partial charge >= 0.3 is 0 Å². The smallest absolute Gasteiger partial charge is 0.0622 e. The lowest BCUT2D eigenvalue weighted by Crippen LogP contribution is -2.21. The minimum absolute atomic E-state index is 0.316. The van der Waals surface area contributed by atoms with Gasteiger partial charge in [-0.25, -0.2) is 0 Å². The zero-order valence-corrected chi connectivity index (χ0v) is 9.08. The third-order valence-electron chi connectivity index (χ3n) is 3.66. The molecule has 0 unspecified atom stereocenters. The summed E-state index contributed by atoms with van der Waals surface area (Å²) < 4.78 is 0. The van der Waals surface area contributed by atoms with Crippen LogP contribution in [0.15, 0.2) is 30.3 Å². The first-order chi connectivity index (χ1) is 7.37. The van der Waals surface area contributed by atoms with Crippen LogP contribution in [-0.4, -0.2) is 0 Å². The van der Waals surface area contributed by atoms with E-state index in [4.69, 9.17) is 5.26 Å². The molecule has 0 N–H and O–H groups in total. The minimum Gasteiger partial charge on any atom is -0.198 e. The van der Waals surface area contributed by atoms with E-state index in [9.17, 15) is 0 Å². The first-order valence-electron chi connectivity index (χ1n) is 5.80. The molecular weight excluding hydrogens is 182 g/mol. The van der Waals surface area contributed by atoms with E-state index in [1.54, 1.807) is 0 Å². The Morgan fingerprint density at radius 1 is 1.13 bits per heavy atom. The van der Waals surface area contributed by atoms with Crippen molar-refractivity contribution in [3.63, 3.8) is 0 Å². The van der Waals surface area contributed by atoms with Crippen molar-refractivity contribution in [2.24, 2.45) is 0 Å². The van der Waals surface area contributed by atoms with Crippen molar-refractivity contribution in [3.8, 4) is 6.07 Å². The molecule has 0 bridgehead atoms. The van der Waals surface area contributed by atoms with Gasteiger partial charge in [0.2, 0.25) is 0 Å². The molecule has 1 aliphatic rings. The number of nitriles is 1. The summed E-state index contributed by atoms with van der Waals surface area (Å²) in [5, 5.41) is 8.74. The molecule has 0 aliphatic heterocycles. The molecule has 1 aromatic rings. The molecule has 15 heavy (non-hydrogen) atoms. The molecule has 1 nitrogen and oxygen atoms in total. The molecule has 0 spiro atoms. The lowest BCUT2D eigenvalue weighted by atomic mass is 9.75. The summed E-state index contributed by atoms with van der Waals surface area (Å²) >= 11 is 0. The highest BCUT2D eigenvalue weighted by Gasteiger charge is 2.34. The van der Waals surface area contributed by atoms with Crippen LogP contribution >= 0.6 is 0 Å². The fourth-order valence-electron chi connectivity index (χ4n) is 2.82. The van der Waals surface area contributed by atoms with Gasteiger partial charge in [-0.15, -0.1) is 0 Å². The van der Waals surface area contributed by atoms with Crippen molar-refractivity contribution in [3.05, 3.63) is 35.9 Å². The number of nitrogens with zero attached hydrogens (tertiary/aromatic N) is 1. The highest BCUT2D eigenvalue weighted by molar-refractivity contribution is 5.26. The summed E-state index contributed by atoms with van der Waals surface area (Å²) in [7, 11) is 0. The molecular formula is C14H17N. The highest BCUT2D eigenvalue weighted by atomic mass is 14.4. The van der Waals surface area contributed by atoms with Gasteiger partial charge in [0.25, 0.3) is 0 Å². The molecule has 2 rings (SSSR count). The van der Waals surface area contributed by atoms with Gasteiger partial charge in [-0.3, -0.25) is 0 Å². The Labute approximate surface area is 91.7 Å². The molecule has 1 saturated carbocycles. The average molecular weight is 199 g/mol. The van der Waals surface area contributed by atoms with Crippen LogP contribution in [0.5, 0.6) is 0 Å². The SMILES string of the molecule is N#CCCC1(c2ccccc2)CCCC1. The Morgan fingerprint density at radius 2 is 1.80 bits per heavy atom. The number of benzene rings is 1. The maximum Gasteiger partial charge on any atom is 0.0622 e. The Morgan fingerprint density at radius 3 is 2.40 bits per heavy atom. The lowest BCUT2D eigenvalue weighted by molar-refractivity contribution is 0.411. The minimum atomic E-state index is 0.316. The molecule has 0 saturated heterocycles. The summed E-state index contributed by atoms with van der Waals surface area (Å²) in [6.07, 6.45) is 6.89. The van der Waals surface area contributed by atoms with Crippen LogP contribution in [0, 0.1) is 11.3 Å². The van der Waals surface area contributed by atoms with Gasteiger partial charge in [-0.05, 0) is 30.2 Å². The Bertz CT molecular complexity index is 341. The zero-order valence-electron chi connectivity index (χ0n) is 9.08. The van der Waals surface area contributed by atoms with E-state index in [-0.39, 0.29) is 0 Å². The molecule has 0 aromatic heterocycles. The van der Waals surface area contributed by atoms with Crippen LogP contribution in [0.4, 0.5) is 0 Å². The topological polar surface area (TPSA) is 23.8 Å². The highest BCUT2D eigenvalue weighted by Crippen LogP contribution is 2.44. The standard InChI is InChI=1S/C14H17N/c15-12-6-11-14(9-4-5-10-14)13-7-2-1-3-8-13/h1-3,7-8H,4-6,9-11H2. The summed E-state index contributed by atoms with van der Waals surface area (Å²) in [5.41, 5.74) is 1.76. The van der Waals surface area contributed by atoms with Crippen LogP contribution in [0.25, 0.3) is 0 Å². The van der Waals surface area contributed by atoms with Crippen LogP contribution in [0.1, 0.15) is 44.1 Å². The summed E-state index contributed by atoms with van der Waals surface area (Å²) in [5.74, 6) is 0. The maximum atomic E-state index is 8.74. The monoisotopic (exact) mass is 199 g/mol. The van der Waals surface area contributed by atoms with Crippen molar-refractivity contribution in [2.75, 3.05) is 0 Å². The van der Waals surface area contributed by atoms with Crippen molar-refractivity contribution in [1.82, 2.24) is 0 Å². The molecule has 78 valence electrons. The predicted octanol–water partition coefficient (Wildman–Crippen LogP) is 3.80. The van der Waals surface area contributed by atoms with Gasteiger partial charge in [0, 0.05) is 6.42 Å². The molecule has 0 amide bonds. The van der Waals surface area contributed by atoms with E-state index in [1.807, 2.05) is 0 Å². The molecule has 1 aliphatic carbocycles. The summed E-state index contributed by atoms with van der Waals surface area (Å²) in [4.78, 5) is 0. The molecule has 0 heterocycles. The number of hydrogen-bond acceptors (Lipinski definition) is 1. The van der Waals surface area contributed by atoms with E-state index in [0.29, 0.717) is 11.8 Å². The zero-order chi connectivity index (χ0) is 10.6. The molecule has 1 heteroatoms. The molecule has 0 radical (unpaired) electrons. The van der Waals surface area contributed by atoms with Gasteiger partial charge in [-0.1, -0.05) is 43.2 Å². The average Bonchev–Trinajstić information content (AvgIpc) is 2.78. The van der Waals surface area contributed by atoms with Crippen LogP contribution in [-0.2, 0) is 5.41 Å². The third kappa shape index (κ3) is 2.04. The van der Waals surface area contributed by atoms with E-state index in [1.165, 1.54) is 31.2 Å². The summed E-state index contributed by atoms with van der Waals surface area (Å²) in [6.45, 7) is 0. The Hall–Kier alpha value is -1.29. The van der Waals surface area contributed by atoms with Gasteiger partial charge in [0.05, 0.1) is 6.07 Å². The van der Waals surface area contributed by atoms with Gasteiger partial charge in [0.15, 0.2) is 0 Å². The van der Waals surface area contributed by atoms with E-state index in [2.05, 4.69) is 36.4 Å². The van der Waals surface area contributed by atoms with Gasteiger partial charge in [0.1, 0.15) is 0 Å². The van der Waals surface area contributed by atoms with Crippen molar-refractivity contribution < 1.29 is 0 Å². The normalized spacial score (nSPS) is 18.6. The lowest BCUT2D eigenvalue weighted by Gasteiger charge is -2.28. The van der Waals surface area contributed by atoms with Crippen molar-refractivity contribution in [2.45, 2.75) is 43.9 Å². The summed E-state index contributed by atoms with van der Waals surface area (Å²) in [6, 6.07) is 13.0. The van der Waals surface area contributed by atoms with Gasteiger partial charge in [-0.2, -0.15) is 5.26 Å². The number of hydrogen-bond donors (Lipinski definition) is 0. The first kappa shape index (κ1) is 10.2. The molecule has 1 aromatic carbocycles. The predicted molar refractivity (Wildman–Crippen MR) is 61.4 cm³/mol. The second-order valence-electron chi connectivity index (χ2n) is 4.51. The second-order valence-corrected chi connectivity index (χ2v) is 4.51. The van der Waals surface area contributed by atoms with E-state index >= 15 is 0 Å². The van der Waals surface area contributed by atoms with Crippen LogP contribution in [0.2, 0.25) is 0 Å². The van der Waals surface area contributed by atoms with Crippen molar-refractivity contribution in [1.29, 1.82) is 5.26 Å². The largest absolute Gasteiger partial charge is 0.198 e. The van der Waals surface area contributed by atoms with E-state index in [0.717, 1.165) is 6.42 Å². The fraction of sp³-hybridized carbons (Fsp3) is 0.500. The van der Waals surface area contributed by atoms with Crippen molar-refractivity contribution >= 4 is 0 Å². The number of rotatable bonds is 3. The van der Waals surface area contributed by atoms with Crippen LogP contribution in [0.3, 0.4) is 0 Å². The Kier molecular flexibility index (Phi) is 3.06. The van der Waals surface area contributed by atoms with Gasteiger partial charge < -0.3 is 0 Å². The molecule has 0 atom stereocenters. The first-order valence-corrected chi connectivity index (χ1v) is 5.80.